The Morgan fingerprint density at radius 1 is 1.39 bits per heavy atom. The number of thioether (sulfide) groups is 1. The first kappa shape index (κ1) is 13.9. The van der Waals surface area contributed by atoms with Gasteiger partial charge < -0.3 is 10.1 Å². The molecule has 0 heterocycles. The first-order chi connectivity index (χ1) is 8.86. The second kappa shape index (κ2) is 7.17. The molecule has 0 amide bonds. The number of rotatable bonds is 6. The van der Waals surface area contributed by atoms with Crippen LogP contribution in [0.1, 0.15) is 30.0 Å². The van der Waals surface area contributed by atoms with Crippen molar-refractivity contribution in [2.45, 2.75) is 30.6 Å². The lowest BCUT2D eigenvalue weighted by Crippen LogP contribution is -2.32. The van der Waals surface area contributed by atoms with E-state index in [0.29, 0.717) is 11.3 Å². The molecule has 2 unspecified atom stereocenters. The van der Waals surface area contributed by atoms with Crippen LogP contribution < -0.4 is 5.32 Å². The molecule has 0 fully saturated rings. The second-order valence-electron chi connectivity index (χ2n) is 4.76. The highest BCUT2D eigenvalue weighted by atomic mass is 32.2. The lowest BCUT2D eigenvalue weighted by Gasteiger charge is -2.33. The zero-order chi connectivity index (χ0) is 12.8. The molecule has 0 aliphatic heterocycles. The van der Waals surface area contributed by atoms with Gasteiger partial charge in [0.1, 0.15) is 0 Å². The second-order valence-corrected chi connectivity index (χ2v) is 6.11. The van der Waals surface area contributed by atoms with Gasteiger partial charge in [0.15, 0.2) is 0 Å². The fourth-order valence-corrected chi connectivity index (χ4v) is 4.04. The summed E-state index contributed by atoms with van der Waals surface area (Å²) in [6, 6.07) is 9.35. The standard InChI is InChI=1S/C15H23NOS/c1-16-15-13-7-4-3-6-12(13)8-9-14(15)18-11-5-10-17-2/h3-4,6-7,14-16H,5,8-11H2,1-2H3. The average Bonchev–Trinajstić information content (AvgIpc) is 2.43. The molecule has 0 saturated heterocycles. The van der Waals surface area contributed by atoms with Crippen molar-refractivity contribution in [2.24, 2.45) is 0 Å². The molecule has 1 aromatic rings. The number of methoxy groups -OCH3 is 1. The molecule has 1 aliphatic rings. The fraction of sp³-hybridized carbons (Fsp3) is 0.600. The van der Waals surface area contributed by atoms with Crippen molar-refractivity contribution < 1.29 is 4.74 Å². The zero-order valence-electron chi connectivity index (χ0n) is 11.3. The van der Waals surface area contributed by atoms with Crippen molar-refractivity contribution in [3.05, 3.63) is 35.4 Å². The van der Waals surface area contributed by atoms with E-state index in [1.807, 2.05) is 0 Å². The maximum absolute atomic E-state index is 5.11. The maximum Gasteiger partial charge on any atom is 0.0470 e. The minimum absolute atomic E-state index is 0.502. The van der Waals surface area contributed by atoms with Crippen LogP contribution in [-0.4, -0.2) is 31.8 Å². The van der Waals surface area contributed by atoms with Gasteiger partial charge >= 0.3 is 0 Å². The van der Waals surface area contributed by atoms with Gasteiger partial charge in [-0.3, -0.25) is 0 Å². The largest absolute Gasteiger partial charge is 0.385 e. The monoisotopic (exact) mass is 265 g/mol. The molecule has 18 heavy (non-hydrogen) atoms. The first-order valence-electron chi connectivity index (χ1n) is 6.72. The predicted molar refractivity (Wildman–Crippen MR) is 79.3 cm³/mol. The number of benzene rings is 1. The van der Waals surface area contributed by atoms with Crippen LogP contribution in [0, 0.1) is 0 Å². The van der Waals surface area contributed by atoms with E-state index in [1.54, 1.807) is 7.11 Å². The third-order valence-corrected chi connectivity index (χ3v) is 5.06. The number of nitrogens with one attached hydrogen (secondary N) is 1. The molecule has 0 spiro atoms. The van der Waals surface area contributed by atoms with Crippen LogP contribution in [0.2, 0.25) is 0 Å². The zero-order valence-corrected chi connectivity index (χ0v) is 12.1. The molecule has 0 aromatic heterocycles. The van der Waals surface area contributed by atoms with Crippen LogP contribution in [0.3, 0.4) is 0 Å². The normalized spacial score (nSPS) is 22.8. The number of ether oxygens (including phenoxy) is 1. The van der Waals surface area contributed by atoms with Gasteiger partial charge in [-0.05, 0) is 43.2 Å². The summed E-state index contributed by atoms with van der Waals surface area (Å²) in [5.74, 6) is 1.19. The number of fused-ring (bicyclic) bond motifs is 1. The van der Waals surface area contributed by atoms with Gasteiger partial charge in [-0.1, -0.05) is 24.3 Å². The number of hydrogen-bond acceptors (Lipinski definition) is 3. The molecular weight excluding hydrogens is 242 g/mol. The molecule has 0 saturated carbocycles. The van der Waals surface area contributed by atoms with Crippen molar-refractivity contribution >= 4 is 11.8 Å². The lowest BCUT2D eigenvalue weighted by atomic mass is 9.87. The Morgan fingerprint density at radius 3 is 3.00 bits per heavy atom. The molecular formula is C15H23NOS. The van der Waals surface area contributed by atoms with Crippen molar-refractivity contribution in [1.29, 1.82) is 0 Å². The van der Waals surface area contributed by atoms with E-state index >= 15 is 0 Å². The van der Waals surface area contributed by atoms with Crippen molar-refractivity contribution in [3.63, 3.8) is 0 Å². The van der Waals surface area contributed by atoms with Crippen LogP contribution in [0.25, 0.3) is 0 Å². The van der Waals surface area contributed by atoms with Gasteiger partial charge in [0.25, 0.3) is 0 Å². The summed E-state index contributed by atoms with van der Waals surface area (Å²) in [5, 5.41) is 4.20. The minimum atomic E-state index is 0.502. The summed E-state index contributed by atoms with van der Waals surface area (Å²) in [5.41, 5.74) is 3.01. The maximum atomic E-state index is 5.11. The molecule has 1 N–H and O–H groups in total. The third-order valence-electron chi connectivity index (χ3n) is 3.60. The Kier molecular flexibility index (Phi) is 5.54. The summed E-state index contributed by atoms with van der Waals surface area (Å²) >= 11 is 2.09. The van der Waals surface area contributed by atoms with Crippen LogP contribution in [0.4, 0.5) is 0 Å². The molecule has 1 aliphatic carbocycles. The van der Waals surface area contributed by atoms with E-state index in [0.717, 1.165) is 13.0 Å². The third kappa shape index (κ3) is 3.28. The summed E-state index contributed by atoms with van der Waals surface area (Å²) < 4.78 is 5.11. The summed E-state index contributed by atoms with van der Waals surface area (Å²) in [7, 11) is 3.85. The van der Waals surface area contributed by atoms with Gasteiger partial charge in [0.2, 0.25) is 0 Å². The molecule has 2 atom stereocenters. The summed E-state index contributed by atoms with van der Waals surface area (Å²) in [6.45, 7) is 0.876. The Hall–Kier alpha value is -0.510. The number of aryl methyl sites for hydroxylation is 1. The smallest absolute Gasteiger partial charge is 0.0470 e. The first-order valence-corrected chi connectivity index (χ1v) is 7.77. The lowest BCUT2D eigenvalue weighted by molar-refractivity contribution is 0.200. The van der Waals surface area contributed by atoms with E-state index in [2.05, 4.69) is 48.4 Å². The minimum Gasteiger partial charge on any atom is -0.385 e. The molecule has 2 rings (SSSR count). The van der Waals surface area contributed by atoms with Crippen molar-refractivity contribution in [3.8, 4) is 0 Å². The summed E-state index contributed by atoms with van der Waals surface area (Å²) in [6.07, 6.45) is 3.65. The van der Waals surface area contributed by atoms with Crippen LogP contribution in [0.5, 0.6) is 0 Å². The topological polar surface area (TPSA) is 21.3 Å². The fourth-order valence-electron chi connectivity index (χ4n) is 2.69. The van der Waals surface area contributed by atoms with Gasteiger partial charge in [-0.15, -0.1) is 0 Å². The van der Waals surface area contributed by atoms with Crippen molar-refractivity contribution in [2.75, 3.05) is 26.5 Å². The highest BCUT2D eigenvalue weighted by Gasteiger charge is 2.27. The van der Waals surface area contributed by atoms with E-state index in [-0.39, 0.29) is 0 Å². The molecule has 100 valence electrons. The van der Waals surface area contributed by atoms with E-state index in [4.69, 9.17) is 4.74 Å². The average molecular weight is 265 g/mol. The number of hydrogen-bond donors (Lipinski definition) is 1. The molecule has 2 nitrogen and oxygen atoms in total. The molecule has 1 aromatic carbocycles. The SMILES string of the molecule is CNC1c2ccccc2CCC1SCCCOC. The van der Waals surface area contributed by atoms with Crippen molar-refractivity contribution in [1.82, 2.24) is 5.32 Å². The highest BCUT2D eigenvalue weighted by Crippen LogP contribution is 2.36. The quantitative estimate of drug-likeness (QED) is 0.799. The van der Waals surface area contributed by atoms with E-state index in [9.17, 15) is 0 Å². The van der Waals surface area contributed by atoms with Crippen LogP contribution in [0.15, 0.2) is 24.3 Å². The Bertz CT molecular complexity index is 369. The van der Waals surface area contributed by atoms with Gasteiger partial charge in [0, 0.05) is 25.0 Å². The van der Waals surface area contributed by atoms with Crippen LogP contribution in [-0.2, 0) is 11.2 Å². The highest BCUT2D eigenvalue weighted by molar-refractivity contribution is 7.99. The molecule has 0 radical (unpaired) electrons. The van der Waals surface area contributed by atoms with Gasteiger partial charge in [0.05, 0.1) is 0 Å². The van der Waals surface area contributed by atoms with E-state index in [1.165, 1.54) is 29.7 Å². The molecule has 3 heteroatoms. The predicted octanol–water partition coefficient (Wildman–Crippen LogP) is 3.03. The van der Waals surface area contributed by atoms with Gasteiger partial charge in [-0.25, -0.2) is 0 Å². The van der Waals surface area contributed by atoms with Gasteiger partial charge in [-0.2, -0.15) is 11.8 Å². The molecule has 0 bridgehead atoms. The van der Waals surface area contributed by atoms with E-state index < -0.39 is 0 Å². The summed E-state index contributed by atoms with van der Waals surface area (Å²) in [4.78, 5) is 0. The van der Waals surface area contributed by atoms with Crippen LogP contribution >= 0.6 is 11.8 Å². The Morgan fingerprint density at radius 2 is 2.22 bits per heavy atom. The Labute approximate surface area is 114 Å². The Balaban J connectivity index is 1.97.